The largest absolute Gasteiger partial charge is 0.507 e. The molecule has 0 bridgehead atoms. The maximum Gasteiger partial charge on any atom is 0.335 e. The number of aromatic hydroxyl groups is 1. The van der Waals surface area contributed by atoms with E-state index in [1.807, 2.05) is 0 Å². The van der Waals surface area contributed by atoms with E-state index in [1.54, 1.807) is 6.92 Å². The number of hydrogen-bond acceptors (Lipinski definition) is 5. The fraction of sp³-hybridized carbons (Fsp3) is 0.333. The van der Waals surface area contributed by atoms with Gasteiger partial charge in [0.2, 0.25) is 0 Å². The first kappa shape index (κ1) is 14.0. The molecular formula is C12H15NO5. The van der Waals surface area contributed by atoms with Crippen LogP contribution in [0.15, 0.2) is 12.1 Å². The standard InChI is InChI=1S/C12H15NO5/c1-6-3-7(12(16)17)4-8(11(6)15)9(13)5-10(14)18-2/h3-4,9,15H,5,13H2,1-2H3,(H,16,17)/t9-/m1/s1. The van der Waals surface area contributed by atoms with Crippen molar-refractivity contribution in [3.63, 3.8) is 0 Å². The number of rotatable bonds is 4. The van der Waals surface area contributed by atoms with Crippen LogP contribution in [0.25, 0.3) is 0 Å². The zero-order valence-electron chi connectivity index (χ0n) is 10.1. The van der Waals surface area contributed by atoms with Gasteiger partial charge in [0, 0.05) is 11.6 Å². The number of benzene rings is 1. The van der Waals surface area contributed by atoms with Crippen molar-refractivity contribution in [1.82, 2.24) is 0 Å². The van der Waals surface area contributed by atoms with Gasteiger partial charge < -0.3 is 20.7 Å². The minimum atomic E-state index is -1.12. The summed E-state index contributed by atoms with van der Waals surface area (Å²) in [5.74, 6) is -1.75. The van der Waals surface area contributed by atoms with E-state index in [1.165, 1.54) is 19.2 Å². The van der Waals surface area contributed by atoms with Gasteiger partial charge in [-0.2, -0.15) is 0 Å². The molecule has 0 aliphatic rings. The normalized spacial score (nSPS) is 11.9. The summed E-state index contributed by atoms with van der Waals surface area (Å²) < 4.78 is 4.47. The van der Waals surface area contributed by atoms with E-state index in [0.29, 0.717) is 5.56 Å². The summed E-state index contributed by atoms with van der Waals surface area (Å²) in [6.07, 6.45) is -0.132. The van der Waals surface area contributed by atoms with Crippen LogP contribution in [0.1, 0.15) is 33.9 Å². The predicted octanol–water partition coefficient (Wildman–Crippen LogP) is 0.962. The Bertz CT molecular complexity index is 484. The number of hydrogen-bond donors (Lipinski definition) is 3. The molecule has 0 spiro atoms. The molecule has 18 heavy (non-hydrogen) atoms. The maximum atomic E-state index is 11.1. The zero-order chi connectivity index (χ0) is 13.9. The molecule has 1 aromatic carbocycles. The van der Waals surface area contributed by atoms with Crippen LogP contribution in [-0.4, -0.2) is 29.3 Å². The van der Waals surface area contributed by atoms with Crippen molar-refractivity contribution in [2.45, 2.75) is 19.4 Å². The topological polar surface area (TPSA) is 110 Å². The van der Waals surface area contributed by atoms with E-state index < -0.39 is 18.0 Å². The smallest absolute Gasteiger partial charge is 0.335 e. The average molecular weight is 253 g/mol. The van der Waals surface area contributed by atoms with Crippen molar-refractivity contribution in [3.8, 4) is 5.75 Å². The van der Waals surface area contributed by atoms with Crippen molar-refractivity contribution in [2.24, 2.45) is 5.73 Å². The molecule has 0 saturated carbocycles. The van der Waals surface area contributed by atoms with Crippen molar-refractivity contribution >= 4 is 11.9 Å². The maximum absolute atomic E-state index is 11.1. The highest BCUT2D eigenvalue weighted by atomic mass is 16.5. The van der Waals surface area contributed by atoms with E-state index in [0.717, 1.165) is 0 Å². The van der Waals surface area contributed by atoms with E-state index >= 15 is 0 Å². The Morgan fingerprint density at radius 1 is 1.44 bits per heavy atom. The third-order valence-corrected chi connectivity index (χ3v) is 2.59. The summed E-state index contributed by atoms with van der Waals surface area (Å²) in [4.78, 5) is 22.0. The van der Waals surface area contributed by atoms with E-state index in [4.69, 9.17) is 10.8 Å². The highest BCUT2D eigenvalue weighted by Gasteiger charge is 2.19. The Labute approximate surface area is 104 Å². The Kier molecular flexibility index (Phi) is 4.28. The van der Waals surface area contributed by atoms with Gasteiger partial charge in [0.15, 0.2) is 0 Å². The van der Waals surface area contributed by atoms with Crippen molar-refractivity contribution in [2.75, 3.05) is 7.11 Å². The number of phenolic OH excluding ortho intramolecular Hbond substituents is 1. The average Bonchev–Trinajstić information content (AvgIpc) is 2.31. The van der Waals surface area contributed by atoms with Crippen LogP contribution < -0.4 is 5.73 Å². The molecule has 0 fully saturated rings. The van der Waals surface area contributed by atoms with Gasteiger partial charge >= 0.3 is 11.9 Å². The molecule has 0 amide bonds. The highest BCUT2D eigenvalue weighted by molar-refractivity contribution is 5.88. The number of carbonyl (C=O) groups is 2. The number of aryl methyl sites for hydroxylation is 1. The van der Waals surface area contributed by atoms with Crippen LogP contribution in [0.4, 0.5) is 0 Å². The first-order valence-corrected chi connectivity index (χ1v) is 5.26. The van der Waals surface area contributed by atoms with Crippen molar-refractivity contribution in [3.05, 3.63) is 28.8 Å². The van der Waals surface area contributed by atoms with Gasteiger partial charge in [0.1, 0.15) is 5.75 Å². The van der Waals surface area contributed by atoms with Gasteiger partial charge in [-0.25, -0.2) is 4.79 Å². The van der Waals surface area contributed by atoms with E-state index in [9.17, 15) is 14.7 Å². The first-order chi connectivity index (χ1) is 8.36. The summed E-state index contributed by atoms with van der Waals surface area (Å²) in [6.45, 7) is 1.57. The fourth-order valence-corrected chi connectivity index (χ4v) is 1.59. The number of ether oxygens (including phenoxy) is 1. The predicted molar refractivity (Wildman–Crippen MR) is 63.4 cm³/mol. The van der Waals surface area contributed by atoms with Crippen LogP contribution in [0.3, 0.4) is 0 Å². The van der Waals surface area contributed by atoms with Crippen LogP contribution in [0.2, 0.25) is 0 Å². The lowest BCUT2D eigenvalue weighted by Gasteiger charge is -2.15. The molecule has 1 rings (SSSR count). The monoisotopic (exact) mass is 253 g/mol. The molecule has 0 saturated heterocycles. The lowest BCUT2D eigenvalue weighted by molar-refractivity contribution is -0.141. The number of nitrogens with two attached hydrogens (primary N) is 1. The molecule has 0 unspecified atom stereocenters. The van der Waals surface area contributed by atoms with Gasteiger partial charge in [-0.15, -0.1) is 0 Å². The Balaban J connectivity index is 3.14. The third-order valence-electron chi connectivity index (χ3n) is 2.59. The summed E-state index contributed by atoms with van der Waals surface area (Å²) in [6, 6.07) is 1.79. The number of methoxy groups -OCH3 is 1. The molecule has 0 radical (unpaired) electrons. The summed E-state index contributed by atoms with van der Waals surface area (Å²) in [5, 5.41) is 18.8. The van der Waals surface area contributed by atoms with E-state index in [2.05, 4.69) is 4.74 Å². The van der Waals surface area contributed by atoms with Gasteiger partial charge in [-0.3, -0.25) is 4.79 Å². The molecule has 0 heterocycles. The number of carboxylic acids is 1. The second-order valence-corrected chi connectivity index (χ2v) is 3.92. The van der Waals surface area contributed by atoms with Crippen LogP contribution in [0.5, 0.6) is 5.75 Å². The number of esters is 1. The van der Waals surface area contributed by atoms with Gasteiger partial charge in [-0.1, -0.05) is 0 Å². The van der Waals surface area contributed by atoms with Gasteiger partial charge in [-0.05, 0) is 24.6 Å². The van der Waals surface area contributed by atoms with Crippen molar-refractivity contribution in [1.29, 1.82) is 0 Å². The van der Waals surface area contributed by atoms with Gasteiger partial charge in [0.25, 0.3) is 0 Å². The molecule has 6 heteroatoms. The molecule has 4 N–H and O–H groups in total. The number of aromatic carboxylic acids is 1. The Hall–Kier alpha value is -2.08. The Morgan fingerprint density at radius 3 is 2.56 bits per heavy atom. The van der Waals surface area contributed by atoms with Crippen LogP contribution >= 0.6 is 0 Å². The molecule has 0 aliphatic heterocycles. The molecule has 1 atom stereocenters. The summed E-state index contributed by atoms with van der Waals surface area (Å²) in [5.41, 5.74) is 6.38. The number of carbonyl (C=O) groups excluding carboxylic acids is 1. The number of carboxylic acid groups (broad SMARTS) is 1. The first-order valence-electron chi connectivity index (χ1n) is 5.26. The third kappa shape index (κ3) is 2.98. The SMILES string of the molecule is COC(=O)C[C@@H](N)c1cc(C(=O)O)cc(C)c1O. The quantitative estimate of drug-likeness (QED) is 0.689. The molecule has 1 aromatic rings. The van der Waals surface area contributed by atoms with Crippen LogP contribution in [0, 0.1) is 6.92 Å². The lowest BCUT2D eigenvalue weighted by Crippen LogP contribution is -2.17. The number of phenols is 1. The van der Waals surface area contributed by atoms with Crippen molar-refractivity contribution < 1.29 is 24.5 Å². The molecule has 6 nitrogen and oxygen atoms in total. The lowest BCUT2D eigenvalue weighted by atomic mass is 9.98. The summed E-state index contributed by atoms with van der Waals surface area (Å²) >= 11 is 0. The second kappa shape index (κ2) is 5.50. The fourth-order valence-electron chi connectivity index (χ4n) is 1.59. The molecular weight excluding hydrogens is 238 g/mol. The minimum absolute atomic E-state index is 0.0145. The van der Waals surface area contributed by atoms with Crippen LogP contribution in [-0.2, 0) is 9.53 Å². The molecule has 0 aliphatic carbocycles. The molecule has 0 aromatic heterocycles. The molecule has 98 valence electrons. The Morgan fingerprint density at radius 2 is 2.06 bits per heavy atom. The minimum Gasteiger partial charge on any atom is -0.507 e. The van der Waals surface area contributed by atoms with Gasteiger partial charge in [0.05, 0.1) is 19.1 Å². The summed E-state index contributed by atoms with van der Waals surface area (Å²) in [7, 11) is 1.23. The second-order valence-electron chi connectivity index (χ2n) is 3.92. The van der Waals surface area contributed by atoms with E-state index in [-0.39, 0.29) is 23.3 Å². The highest BCUT2D eigenvalue weighted by Crippen LogP contribution is 2.29. The zero-order valence-corrected chi connectivity index (χ0v) is 10.1.